The van der Waals surface area contributed by atoms with Crippen molar-refractivity contribution in [3.63, 3.8) is 0 Å². The number of nitrogens with zero attached hydrogens (tertiary/aromatic N) is 1. The van der Waals surface area contributed by atoms with Crippen LogP contribution < -0.4 is 5.32 Å². The Morgan fingerprint density at radius 1 is 1.30 bits per heavy atom. The Morgan fingerprint density at radius 2 is 1.95 bits per heavy atom. The normalized spacial score (nSPS) is 30.9. The topological polar surface area (TPSA) is 49.4 Å². The maximum Gasteiger partial charge on any atom is 0.248 e. The number of carbonyl (C=O) groups excluding carboxylic acids is 2. The highest BCUT2D eigenvalue weighted by Crippen LogP contribution is 2.31. The molecule has 114 valence electrons. The van der Waals surface area contributed by atoms with E-state index in [0.717, 1.165) is 0 Å². The van der Waals surface area contributed by atoms with Crippen LogP contribution in [0.5, 0.6) is 0 Å². The Kier molecular flexibility index (Phi) is 4.71. The van der Waals surface area contributed by atoms with Crippen LogP contribution in [0.4, 0.5) is 0 Å². The van der Waals surface area contributed by atoms with Crippen molar-refractivity contribution in [2.75, 3.05) is 6.54 Å². The van der Waals surface area contributed by atoms with E-state index in [9.17, 15) is 9.59 Å². The molecule has 2 fully saturated rings. The predicted octanol–water partition coefficient (Wildman–Crippen LogP) is 2.47. The van der Waals surface area contributed by atoms with Gasteiger partial charge in [-0.3, -0.25) is 9.59 Å². The molecule has 2 aliphatic rings. The summed E-state index contributed by atoms with van der Waals surface area (Å²) in [5, 5.41) is 2.91. The fraction of sp³-hybridized carbons (Fsp3) is 0.875. The maximum atomic E-state index is 12.8. The number of nitrogens with one attached hydrogen (secondary N) is 1. The van der Waals surface area contributed by atoms with Crippen LogP contribution in [0, 0.1) is 5.92 Å². The molecule has 0 spiro atoms. The van der Waals surface area contributed by atoms with Gasteiger partial charge in [-0.25, -0.2) is 0 Å². The van der Waals surface area contributed by atoms with Gasteiger partial charge >= 0.3 is 0 Å². The molecule has 0 radical (unpaired) electrons. The monoisotopic (exact) mass is 280 g/mol. The largest absolute Gasteiger partial charge is 0.342 e. The molecular formula is C16H28N2O2. The number of rotatable bonds is 3. The smallest absolute Gasteiger partial charge is 0.248 e. The van der Waals surface area contributed by atoms with E-state index in [-0.39, 0.29) is 17.9 Å². The molecule has 2 amide bonds. The molecule has 0 aromatic carbocycles. The Balaban J connectivity index is 2.15. The quantitative estimate of drug-likeness (QED) is 0.863. The van der Waals surface area contributed by atoms with Crippen LogP contribution >= 0.6 is 0 Å². The molecular weight excluding hydrogens is 252 g/mol. The highest BCUT2D eigenvalue weighted by molar-refractivity contribution is 5.93. The predicted molar refractivity (Wildman–Crippen MR) is 79.2 cm³/mol. The highest BCUT2D eigenvalue weighted by atomic mass is 16.2. The molecule has 2 atom stereocenters. The summed E-state index contributed by atoms with van der Waals surface area (Å²) < 4.78 is 0. The minimum atomic E-state index is -0.726. The summed E-state index contributed by atoms with van der Waals surface area (Å²) in [4.78, 5) is 26.7. The molecule has 0 aromatic heterocycles. The van der Waals surface area contributed by atoms with E-state index in [2.05, 4.69) is 12.2 Å². The molecule has 1 aliphatic heterocycles. The van der Waals surface area contributed by atoms with Gasteiger partial charge in [-0.2, -0.15) is 0 Å². The highest BCUT2D eigenvalue weighted by Gasteiger charge is 2.41. The van der Waals surface area contributed by atoms with E-state index >= 15 is 0 Å². The van der Waals surface area contributed by atoms with Crippen molar-refractivity contribution in [3.8, 4) is 0 Å². The molecule has 1 aliphatic carbocycles. The first-order valence-electron chi connectivity index (χ1n) is 8.10. The second-order valence-electron chi connectivity index (χ2n) is 6.62. The van der Waals surface area contributed by atoms with Crippen molar-refractivity contribution in [2.24, 2.45) is 5.92 Å². The van der Waals surface area contributed by atoms with Crippen molar-refractivity contribution < 1.29 is 9.59 Å². The molecule has 0 aromatic rings. The molecule has 2 unspecified atom stereocenters. The molecule has 4 heteroatoms. The van der Waals surface area contributed by atoms with Crippen molar-refractivity contribution in [2.45, 2.75) is 77.3 Å². The van der Waals surface area contributed by atoms with Gasteiger partial charge in [0.25, 0.3) is 0 Å². The summed E-state index contributed by atoms with van der Waals surface area (Å²) in [6, 6.07) is 0.251. The van der Waals surface area contributed by atoms with Gasteiger partial charge in [0.15, 0.2) is 0 Å². The molecule has 4 nitrogen and oxygen atoms in total. The third-order valence-corrected chi connectivity index (χ3v) is 5.26. The van der Waals surface area contributed by atoms with Crippen LogP contribution in [0.15, 0.2) is 0 Å². The average Bonchev–Trinajstić information content (AvgIpc) is 2.57. The zero-order valence-electron chi connectivity index (χ0n) is 13.1. The lowest BCUT2D eigenvalue weighted by atomic mass is 9.83. The van der Waals surface area contributed by atoms with Gasteiger partial charge in [-0.15, -0.1) is 0 Å². The summed E-state index contributed by atoms with van der Waals surface area (Å²) in [5.74, 6) is 0.701. The van der Waals surface area contributed by atoms with E-state index < -0.39 is 5.54 Å². The SMILES string of the molecule is CCC1(C)NC(=O)CCN(C(C)C2CCCCC2)C1=O. The van der Waals surface area contributed by atoms with Gasteiger partial charge in [0.05, 0.1) is 0 Å². The first kappa shape index (κ1) is 15.3. The first-order valence-corrected chi connectivity index (χ1v) is 8.10. The minimum Gasteiger partial charge on any atom is -0.342 e. The second kappa shape index (κ2) is 6.15. The van der Waals surface area contributed by atoms with E-state index in [4.69, 9.17) is 0 Å². The van der Waals surface area contributed by atoms with Crippen LogP contribution in [-0.2, 0) is 9.59 Å². The van der Waals surface area contributed by atoms with Crippen molar-refractivity contribution in [1.82, 2.24) is 10.2 Å². The second-order valence-corrected chi connectivity index (χ2v) is 6.62. The first-order chi connectivity index (χ1) is 9.48. The van der Waals surface area contributed by atoms with Crippen LogP contribution in [0.3, 0.4) is 0 Å². The van der Waals surface area contributed by atoms with E-state index in [1.54, 1.807) is 0 Å². The lowest BCUT2D eigenvalue weighted by Crippen LogP contribution is -2.57. The van der Waals surface area contributed by atoms with Crippen molar-refractivity contribution in [1.29, 1.82) is 0 Å². The molecule has 0 bridgehead atoms. The number of hydrogen-bond acceptors (Lipinski definition) is 2. The molecule has 1 saturated heterocycles. The van der Waals surface area contributed by atoms with Crippen molar-refractivity contribution >= 4 is 11.8 Å². The lowest BCUT2D eigenvalue weighted by molar-refractivity contribution is -0.141. The molecule has 2 rings (SSSR count). The zero-order valence-corrected chi connectivity index (χ0v) is 13.1. The summed E-state index contributed by atoms with van der Waals surface area (Å²) in [7, 11) is 0. The van der Waals surface area contributed by atoms with Gasteiger partial charge in [-0.1, -0.05) is 26.2 Å². The van der Waals surface area contributed by atoms with E-state index in [1.807, 2.05) is 18.7 Å². The lowest BCUT2D eigenvalue weighted by Gasteiger charge is -2.39. The Morgan fingerprint density at radius 3 is 2.55 bits per heavy atom. The van der Waals surface area contributed by atoms with Gasteiger partial charge in [0, 0.05) is 19.0 Å². The van der Waals surface area contributed by atoms with Crippen LogP contribution in [0.1, 0.15) is 65.7 Å². The minimum absolute atomic E-state index is 0.000967. The van der Waals surface area contributed by atoms with E-state index in [1.165, 1.54) is 32.1 Å². The van der Waals surface area contributed by atoms with Gasteiger partial charge in [0.1, 0.15) is 5.54 Å². The van der Waals surface area contributed by atoms with Crippen LogP contribution in [-0.4, -0.2) is 34.8 Å². The molecule has 1 heterocycles. The molecule has 20 heavy (non-hydrogen) atoms. The molecule has 1 saturated carbocycles. The maximum absolute atomic E-state index is 12.8. The molecule has 1 N–H and O–H groups in total. The third-order valence-electron chi connectivity index (χ3n) is 5.26. The summed E-state index contributed by atoms with van der Waals surface area (Å²) in [6.45, 7) is 6.56. The van der Waals surface area contributed by atoms with Gasteiger partial charge < -0.3 is 10.2 Å². The number of hydrogen-bond donors (Lipinski definition) is 1. The Hall–Kier alpha value is -1.06. The van der Waals surface area contributed by atoms with Crippen LogP contribution in [0.25, 0.3) is 0 Å². The Labute approximate surface area is 122 Å². The zero-order chi connectivity index (χ0) is 14.8. The van der Waals surface area contributed by atoms with Crippen LogP contribution in [0.2, 0.25) is 0 Å². The fourth-order valence-electron chi connectivity index (χ4n) is 3.56. The van der Waals surface area contributed by atoms with Crippen molar-refractivity contribution in [3.05, 3.63) is 0 Å². The third kappa shape index (κ3) is 2.99. The summed E-state index contributed by atoms with van der Waals surface area (Å²) >= 11 is 0. The van der Waals surface area contributed by atoms with E-state index in [0.29, 0.717) is 25.3 Å². The number of amides is 2. The average molecular weight is 280 g/mol. The summed E-state index contributed by atoms with van der Waals surface area (Å²) in [6.07, 6.45) is 7.39. The summed E-state index contributed by atoms with van der Waals surface area (Å²) in [5.41, 5.74) is -0.726. The van der Waals surface area contributed by atoms with Gasteiger partial charge in [-0.05, 0) is 39.0 Å². The number of carbonyl (C=O) groups is 2. The standard InChI is InChI=1S/C16H28N2O2/c1-4-16(3)15(20)18(11-10-14(19)17-16)12(2)13-8-6-5-7-9-13/h12-13H,4-11H2,1-3H3,(H,17,19). The van der Waals surface area contributed by atoms with Gasteiger partial charge in [0.2, 0.25) is 11.8 Å². The Bertz CT molecular complexity index is 377. The fourth-order valence-corrected chi connectivity index (χ4v) is 3.56.